The average Bonchev–Trinajstić information content (AvgIpc) is 3.24. The molecule has 26 heavy (non-hydrogen) atoms. The molecule has 1 amide bonds. The van der Waals surface area contributed by atoms with E-state index in [0.717, 1.165) is 37.5 Å². The van der Waals surface area contributed by atoms with E-state index >= 15 is 0 Å². The van der Waals surface area contributed by atoms with Gasteiger partial charge in [0.2, 0.25) is 5.91 Å². The number of anilines is 1. The van der Waals surface area contributed by atoms with Gasteiger partial charge in [-0.15, -0.1) is 0 Å². The number of amides is 1. The summed E-state index contributed by atoms with van der Waals surface area (Å²) in [5, 5.41) is 17.2. The van der Waals surface area contributed by atoms with Crippen LogP contribution in [0, 0.1) is 15.9 Å². The molecule has 8 heteroatoms. The number of carbonyl (C=O) groups is 1. The molecule has 0 spiro atoms. The molecule has 138 valence electrons. The van der Waals surface area contributed by atoms with Gasteiger partial charge in [-0.2, -0.15) is 0 Å². The van der Waals surface area contributed by atoms with Crippen molar-refractivity contribution >= 4 is 17.4 Å². The second-order valence-electron chi connectivity index (χ2n) is 7.02. The highest BCUT2D eigenvalue weighted by Gasteiger charge is 2.34. The van der Waals surface area contributed by atoms with E-state index in [1.54, 1.807) is 6.07 Å². The van der Waals surface area contributed by atoms with Crippen molar-refractivity contribution in [1.29, 1.82) is 0 Å². The minimum Gasteiger partial charge on any atom is -0.359 e. The zero-order valence-corrected chi connectivity index (χ0v) is 14.6. The van der Waals surface area contributed by atoms with Crippen molar-refractivity contribution in [3.8, 4) is 0 Å². The largest absolute Gasteiger partial charge is 0.359 e. The van der Waals surface area contributed by atoms with Crippen LogP contribution in [0.1, 0.15) is 56.8 Å². The van der Waals surface area contributed by atoms with Gasteiger partial charge in [-0.3, -0.25) is 14.9 Å². The summed E-state index contributed by atoms with van der Waals surface area (Å²) in [4.78, 5) is 22.4. The quantitative estimate of drug-likeness (QED) is 0.632. The Morgan fingerprint density at radius 3 is 2.69 bits per heavy atom. The SMILES string of the molecule is CC(C(=O)Nc1cc(C2(C)CCCC2)on1)c1ccc([N+](=O)[O-])cc1F. The number of hydrogen-bond acceptors (Lipinski definition) is 5. The van der Waals surface area contributed by atoms with Gasteiger partial charge in [-0.05, 0) is 25.8 Å². The number of benzene rings is 1. The molecule has 1 N–H and O–H groups in total. The molecule has 0 saturated heterocycles. The van der Waals surface area contributed by atoms with Crippen molar-refractivity contribution in [1.82, 2.24) is 5.16 Å². The normalized spacial score (nSPS) is 17.0. The molecule has 1 aliphatic rings. The minimum absolute atomic E-state index is 0.0634. The van der Waals surface area contributed by atoms with Crippen molar-refractivity contribution in [3.05, 3.63) is 51.5 Å². The van der Waals surface area contributed by atoms with E-state index in [2.05, 4.69) is 17.4 Å². The van der Waals surface area contributed by atoms with E-state index in [-0.39, 0.29) is 22.5 Å². The molecule has 7 nitrogen and oxygen atoms in total. The number of nitro benzene ring substituents is 1. The second kappa shape index (κ2) is 6.86. The smallest absolute Gasteiger partial charge is 0.272 e. The summed E-state index contributed by atoms with van der Waals surface area (Å²) in [6, 6.07) is 4.96. The lowest BCUT2D eigenvalue weighted by molar-refractivity contribution is -0.385. The molecule has 1 aromatic carbocycles. The van der Waals surface area contributed by atoms with Gasteiger partial charge in [-0.25, -0.2) is 4.39 Å². The predicted octanol–water partition coefficient (Wildman–Crippen LogP) is 4.30. The van der Waals surface area contributed by atoms with Crippen LogP contribution in [0.15, 0.2) is 28.8 Å². The fraction of sp³-hybridized carbons (Fsp3) is 0.444. The van der Waals surface area contributed by atoms with Crippen LogP contribution in [0.4, 0.5) is 15.9 Å². The summed E-state index contributed by atoms with van der Waals surface area (Å²) in [6.07, 6.45) is 4.30. The van der Waals surface area contributed by atoms with Gasteiger partial charge in [0.15, 0.2) is 5.82 Å². The topological polar surface area (TPSA) is 98.3 Å². The van der Waals surface area contributed by atoms with E-state index in [0.29, 0.717) is 0 Å². The first-order valence-corrected chi connectivity index (χ1v) is 8.52. The van der Waals surface area contributed by atoms with Gasteiger partial charge in [0.1, 0.15) is 11.6 Å². The van der Waals surface area contributed by atoms with E-state index in [1.807, 2.05) is 0 Å². The van der Waals surface area contributed by atoms with Crippen LogP contribution in [-0.2, 0) is 10.2 Å². The number of halogens is 1. The summed E-state index contributed by atoms with van der Waals surface area (Å²) < 4.78 is 19.5. The van der Waals surface area contributed by atoms with Gasteiger partial charge in [0.25, 0.3) is 5.69 Å². The fourth-order valence-corrected chi connectivity index (χ4v) is 3.38. The summed E-state index contributed by atoms with van der Waals surface area (Å²) in [7, 11) is 0. The van der Waals surface area contributed by atoms with Gasteiger partial charge in [0, 0.05) is 23.1 Å². The Balaban J connectivity index is 1.72. The fourth-order valence-electron chi connectivity index (χ4n) is 3.38. The summed E-state index contributed by atoms with van der Waals surface area (Å²) in [5.74, 6) is -1.07. The molecule has 0 bridgehead atoms. The summed E-state index contributed by atoms with van der Waals surface area (Å²) in [5.41, 5.74) is -0.337. The highest BCUT2D eigenvalue weighted by molar-refractivity contribution is 5.94. The lowest BCUT2D eigenvalue weighted by atomic mass is 9.86. The molecule has 3 rings (SSSR count). The highest BCUT2D eigenvalue weighted by Crippen LogP contribution is 2.41. The predicted molar refractivity (Wildman–Crippen MR) is 92.4 cm³/mol. The van der Waals surface area contributed by atoms with Crippen molar-refractivity contribution in [2.45, 2.75) is 50.9 Å². The highest BCUT2D eigenvalue weighted by atomic mass is 19.1. The Kier molecular flexibility index (Phi) is 4.76. The van der Waals surface area contributed by atoms with Crippen molar-refractivity contribution in [2.75, 3.05) is 5.32 Å². The summed E-state index contributed by atoms with van der Waals surface area (Å²) in [6.45, 7) is 3.64. The van der Waals surface area contributed by atoms with Crippen LogP contribution in [0.3, 0.4) is 0 Å². The maximum atomic E-state index is 14.1. The first-order chi connectivity index (χ1) is 12.3. The molecule has 1 aliphatic carbocycles. The van der Waals surface area contributed by atoms with Crippen molar-refractivity contribution in [2.24, 2.45) is 0 Å². The third kappa shape index (κ3) is 3.44. The molecule has 1 atom stereocenters. The minimum atomic E-state index is -0.835. The van der Waals surface area contributed by atoms with Gasteiger partial charge in [0.05, 0.1) is 16.9 Å². The van der Waals surface area contributed by atoms with Crippen LogP contribution in [0.5, 0.6) is 0 Å². The third-order valence-electron chi connectivity index (χ3n) is 5.12. The van der Waals surface area contributed by atoms with Crippen LogP contribution >= 0.6 is 0 Å². The standard InChI is InChI=1S/C18H20FN3O4/c1-11(13-6-5-12(22(24)25)9-14(13)19)17(23)20-16-10-15(26-21-16)18(2)7-3-4-8-18/h5-6,9-11H,3-4,7-8H2,1-2H3,(H,20,21,23). The number of non-ortho nitro benzene ring substituents is 1. The third-order valence-corrected chi connectivity index (χ3v) is 5.12. The van der Waals surface area contributed by atoms with Crippen molar-refractivity contribution < 1.29 is 18.6 Å². The zero-order valence-electron chi connectivity index (χ0n) is 14.6. The van der Waals surface area contributed by atoms with Crippen LogP contribution in [-0.4, -0.2) is 16.0 Å². The average molecular weight is 361 g/mol. The maximum absolute atomic E-state index is 14.1. The van der Waals surface area contributed by atoms with Gasteiger partial charge >= 0.3 is 0 Å². The summed E-state index contributed by atoms with van der Waals surface area (Å²) >= 11 is 0. The number of carbonyl (C=O) groups excluding carboxylic acids is 1. The molecule has 0 aliphatic heterocycles. The number of hydrogen-bond donors (Lipinski definition) is 1. The van der Waals surface area contributed by atoms with Crippen molar-refractivity contribution in [3.63, 3.8) is 0 Å². The molecule has 1 saturated carbocycles. The number of aromatic nitrogens is 1. The second-order valence-corrected chi connectivity index (χ2v) is 7.02. The van der Waals surface area contributed by atoms with Gasteiger partial charge < -0.3 is 9.84 Å². The first kappa shape index (κ1) is 18.0. The van der Waals surface area contributed by atoms with Gasteiger partial charge in [-0.1, -0.05) is 24.9 Å². The Labute approximate surface area is 149 Å². The molecular weight excluding hydrogens is 341 g/mol. The Hall–Kier alpha value is -2.77. The van der Waals surface area contributed by atoms with E-state index < -0.39 is 22.6 Å². The molecule has 1 unspecified atom stereocenters. The molecule has 1 aromatic heterocycles. The molecule has 1 heterocycles. The Morgan fingerprint density at radius 1 is 1.38 bits per heavy atom. The van der Waals surface area contributed by atoms with E-state index in [1.165, 1.54) is 19.1 Å². The van der Waals surface area contributed by atoms with Crippen LogP contribution in [0.2, 0.25) is 0 Å². The number of rotatable bonds is 5. The monoisotopic (exact) mass is 361 g/mol. The Morgan fingerprint density at radius 2 is 2.08 bits per heavy atom. The molecule has 2 aromatic rings. The van der Waals surface area contributed by atoms with Crippen LogP contribution in [0.25, 0.3) is 0 Å². The molecular formula is C18H20FN3O4. The zero-order chi connectivity index (χ0) is 18.9. The first-order valence-electron chi connectivity index (χ1n) is 8.52. The number of nitro groups is 1. The number of nitrogens with one attached hydrogen (secondary N) is 1. The van der Waals surface area contributed by atoms with E-state index in [9.17, 15) is 19.3 Å². The number of nitrogens with zero attached hydrogens (tertiary/aromatic N) is 2. The maximum Gasteiger partial charge on any atom is 0.272 e. The lowest BCUT2D eigenvalue weighted by Gasteiger charge is -2.18. The molecule has 0 radical (unpaired) electrons. The van der Waals surface area contributed by atoms with Crippen LogP contribution < -0.4 is 5.32 Å². The van der Waals surface area contributed by atoms with E-state index in [4.69, 9.17) is 4.52 Å². The Bertz CT molecular complexity index is 843. The lowest BCUT2D eigenvalue weighted by Crippen LogP contribution is -2.20. The molecule has 1 fully saturated rings.